The van der Waals surface area contributed by atoms with Crippen LogP contribution in [0.2, 0.25) is 4.18 Å². The molecule has 0 fully saturated rings. The Morgan fingerprint density at radius 2 is 1.57 bits per heavy atom. The summed E-state index contributed by atoms with van der Waals surface area (Å²) in [5.41, 5.74) is 0. The molecular weight excluding hydrogens is 358 g/mol. The summed E-state index contributed by atoms with van der Waals surface area (Å²) in [7, 11) is 0. The van der Waals surface area contributed by atoms with E-state index in [-0.39, 0.29) is 12.4 Å². The van der Waals surface area contributed by atoms with Crippen LogP contribution >= 0.6 is 0 Å². The topological polar surface area (TPSA) is 0 Å². The summed E-state index contributed by atoms with van der Waals surface area (Å²) in [6.07, 6.45) is 16.4. The Balaban J connectivity index is 0.000000980. The Bertz CT molecular complexity index is 280. The third kappa shape index (κ3) is 2.58. The summed E-state index contributed by atoms with van der Waals surface area (Å²) < 4.78 is 5.07. The Kier molecular flexibility index (Phi) is 5.11. The zero-order valence-corrected chi connectivity index (χ0v) is 12.8. The van der Waals surface area contributed by atoms with Crippen molar-refractivity contribution >= 4 is 0 Å². The Morgan fingerprint density at radius 3 is 1.86 bits per heavy atom. The van der Waals surface area contributed by atoms with E-state index in [1.165, 1.54) is 17.0 Å². The van der Waals surface area contributed by atoms with Crippen molar-refractivity contribution in [3.8, 4) is 0 Å². The van der Waals surface area contributed by atoms with E-state index in [0.29, 0.717) is 0 Å². The van der Waals surface area contributed by atoms with Crippen LogP contribution in [-0.4, -0.2) is 0 Å². The molecule has 2 rings (SSSR count). The number of halogens is 1. The van der Waals surface area contributed by atoms with Gasteiger partial charge in [-0.1, -0.05) is 0 Å². The molecule has 0 aromatic heterocycles. The van der Waals surface area contributed by atoms with E-state index in [4.69, 9.17) is 0 Å². The van der Waals surface area contributed by atoms with Gasteiger partial charge in [0.25, 0.3) is 0 Å². The summed E-state index contributed by atoms with van der Waals surface area (Å²) in [6.45, 7) is 2.38. The first kappa shape index (κ1) is 12.2. The van der Waals surface area contributed by atoms with Crippen LogP contribution < -0.4 is 12.4 Å². The fourth-order valence-corrected chi connectivity index (χ4v) is 11.5. The van der Waals surface area contributed by atoms with Crippen molar-refractivity contribution in [2.45, 2.75) is 23.9 Å². The van der Waals surface area contributed by atoms with Gasteiger partial charge in [0.2, 0.25) is 0 Å². The van der Waals surface area contributed by atoms with Crippen LogP contribution in [0.15, 0.2) is 43.1 Å². The molecule has 0 spiro atoms. The molecule has 0 bridgehead atoms. The molecule has 0 aliphatic heterocycles. The Hall–Kier alpha value is 0.120. The van der Waals surface area contributed by atoms with Gasteiger partial charge >= 0.3 is 88.5 Å². The number of hydrogen-bond donors (Lipinski definition) is 0. The molecule has 0 unspecified atom stereocenters. The van der Waals surface area contributed by atoms with Crippen LogP contribution in [0.5, 0.6) is 0 Å². The van der Waals surface area contributed by atoms with Gasteiger partial charge in [-0.05, 0) is 0 Å². The first-order valence-corrected chi connectivity index (χ1v) is 11.1. The molecule has 0 atom stereocenters. The van der Waals surface area contributed by atoms with Gasteiger partial charge in [0.05, 0.1) is 0 Å². The molecule has 14 heavy (non-hydrogen) atoms. The molecule has 2 heteroatoms. The summed E-state index contributed by atoms with van der Waals surface area (Å²) in [5.74, 6) is 0. The average molecular weight is 373 g/mol. The second-order valence-electron chi connectivity index (χ2n) is 3.48. The predicted octanol–water partition coefficient (Wildman–Crippen LogP) is 0.734. The van der Waals surface area contributed by atoms with E-state index in [9.17, 15) is 0 Å². The van der Waals surface area contributed by atoms with Crippen LogP contribution in [0.3, 0.4) is 0 Å². The maximum Gasteiger partial charge on any atom is -1.00 e. The van der Waals surface area contributed by atoms with Crippen LogP contribution in [0.1, 0.15) is 19.8 Å². The standard InChI is InChI=1S/2C5H5.C2H5.ClH.Hf/c2*1-2-4-5-3-1;1-2;;/h2*1-3H,4H2;1H2,2H3;1H;/q;;;;+1/p-1. The molecule has 0 amide bonds. The molecule has 0 aromatic rings. The van der Waals surface area contributed by atoms with Crippen molar-refractivity contribution in [3.63, 3.8) is 0 Å². The normalized spacial score (nSPS) is 17.8. The van der Waals surface area contributed by atoms with E-state index < -0.39 is 21.4 Å². The molecule has 0 nitrogen and oxygen atoms in total. The fraction of sp³-hybridized carbons (Fsp3) is 0.333. The van der Waals surface area contributed by atoms with Crippen molar-refractivity contribution in [1.29, 1.82) is 0 Å². The van der Waals surface area contributed by atoms with Gasteiger partial charge in [-0.3, -0.25) is 0 Å². The van der Waals surface area contributed by atoms with E-state index in [1.807, 2.05) is 6.66 Å². The van der Waals surface area contributed by atoms with Gasteiger partial charge in [0.15, 0.2) is 0 Å². The zero-order chi connectivity index (χ0) is 9.10. The van der Waals surface area contributed by atoms with Crippen molar-refractivity contribution in [1.82, 2.24) is 0 Å². The summed E-state index contributed by atoms with van der Waals surface area (Å²) >= 11 is -1.48. The zero-order valence-electron chi connectivity index (χ0n) is 8.46. The minimum Gasteiger partial charge on any atom is -1.00 e. The van der Waals surface area contributed by atoms with E-state index in [1.54, 1.807) is 0 Å². The van der Waals surface area contributed by atoms with E-state index in [2.05, 4.69) is 43.4 Å². The first-order valence-electron chi connectivity index (χ1n) is 4.99. The SMILES string of the molecule is C[CH2][Hf+]([C]1=CC=CC1)[C]1=CC=CC1.[Cl-]. The van der Waals surface area contributed by atoms with E-state index in [0.717, 1.165) is 0 Å². The summed E-state index contributed by atoms with van der Waals surface area (Å²) in [6, 6.07) is 0. The fourth-order valence-electron chi connectivity index (χ4n) is 2.00. The smallest absolute Gasteiger partial charge is 1.00 e. The van der Waals surface area contributed by atoms with Gasteiger partial charge in [0.1, 0.15) is 0 Å². The van der Waals surface area contributed by atoms with E-state index >= 15 is 0 Å². The van der Waals surface area contributed by atoms with Crippen LogP contribution in [0, 0.1) is 0 Å². The molecular formula is C12H15ClHf. The van der Waals surface area contributed by atoms with Gasteiger partial charge in [-0.2, -0.15) is 0 Å². The molecule has 0 radical (unpaired) electrons. The van der Waals surface area contributed by atoms with Crippen LogP contribution in [0.25, 0.3) is 0 Å². The van der Waals surface area contributed by atoms with Crippen molar-refractivity contribution in [3.05, 3.63) is 43.1 Å². The first-order chi connectivity index (χ1) is 6.42. The molecule has 74 valence electrons. The maximum atomic E-state index is 2.38. The second-order valence-corrected chi connectivity index (χ2v) is 14.1. The quantitative estimate of drug-likeness (QED) is 0.641. The van der Waals surface area contributed by atoms with Crippen LogP contribution in [0.4, 0.5) is 0 Å². The van der Waals surface area contributed by atoms with Crippen molar-refractivity contribution in [2.75, 3.05) is 0 Å². The maximum absolute atomic E-state index is 2.38. The number of allylic oxidation sites excluding steroid dienone is 8. The summed E-state index contributed by atoms with van der Waals surface area (Å²) in [4.78, 5) is 0. The Morgan fingerprint density at radius 1 is 1.07 bits per heavy atom. The summed E-state index contributed by atoms with van der Waals surface area (Å²) in [5, 5.41) is 0. The average Bonchev–Trinajstić information content (AvgIpc) is 2.76. The minimum atomic E-state index is -1.48. The third-order valence-corrected chi connectivity index (χ3v) is 13.4. The molecule has 0 heterocycles. The number of hydrogen-bond acceptors (Lipinski definition) is 0. The largest absolute Gasteiger partial charge is 1.00 e. The van der Waals surface area contributed by atoms with Gasteiger partial charge in [-0.15, -0.1) is 0 Å². The minimum absolute atomic E-state index is 0. The van der Waals surface area contributed by atoms with Gasteiger partial charge in [0, 0.05) is 0 Å². The van der Waals surface area contributed by atoms with Gasteiger partial charge in [-0.25, -0.2) is 0 Å². The molecule has 2 aliphatic rings. The van der Waals surface area contributed by atoms with Crippen molar-refractivity contribution in [2.24, 2.45) is 0 Å². The molecule has 0 saturated heterocycles. The molecule has 0 N–H and O–H groups in total. The monoisotopic (exact) mass is 374 g/mol. The second kappa shape index (κ2) is 5.87. The molecule has 2 aliphatic carbocycles. The predicted molar refractivity (Wildman–Crippen MR) is 54.2 cm³/mol. The van der Waals surface area contributed by atoms with Crippen molar-refractivity contribution < 1.29 is 33.8 Å². The Labute approximate surface area is 100 Å². The molecule has 0 saturated carbocycles. The van der Waals surface area contributed by atoms with Gasteiger partial charge < -0.3 is 12.4 Å². The van der Waals surface area contributed by atoms with Crippen LogP contribution in [-0.2, 0) is 21.4 Å². The molecule has 0 aromatic carbocycles. The third-order valence-electron chi connectivity index (χ3n) is 2.67. The number of rotatable bonds is 3.